The van der Waals surface area contributed by atoms with Crippen molar-refractivity contribution in [1.29, 1.82) is 0 Å². The first-order valence-corrected chi connectivity index (χ1v) is 5.20. The van der Waals surface area contributed by atoms with E-state index in [2.05, 4.69) is 15.6 Å². The van der Waals surface area contributed by atoms with Gasteiger partial charge in [-0.05, 0) is 31.4 Å². The molecule has 1 aliphatic rings. The summed E-state index contributed by atoms with van der Waals surface area (Å²) in [5, 5.41) is 5.66. The topological polar surface area (TPSA) is 54.0 Å². The molecule has 0 aliphatic heterocycles. The molecule has 0 unspecified atom stereocenters. The highest BCUT2D eigenvalue weighted by molar-refractivity contribution is 5.74. The van der Waals surface area contributed by atoms with Gasteiger partial charge in [0.15, 0.2) is 0 Å². The minimum atomic E-state index is -0.0949. The Morgan fingerprint density at radius 3 is 3.07 bits per heavy atom. The molecular formula is C11H15N3O. The van der Waals surface area contributed by atoms with Crippen molar-refractivity contribution in [3.8, 4) is 0 Å². The number of aryl methyl sites for hydroxylation is 1. The number of hydrogen-bond donors (Lipinski definition) is 2. The van der Waals surface area contributed by atoms with Crippen LogP contribution in [0.25, 0.3) is 0 Å². The fraction of sp³-hybridized carbons (Fsp3) is 0.455. The van der Waals surface area contributed by atoms with Crippen molar-refractivity contribution in [3.05, 3.63) is 29.6 Å². The molecule has 1 aromatic rings. The van der Waals surface area contributed by atoms with E-state index in [-0.39, 0.29) is 6.03 Å². The largest absolute Gasteiger partial charge is 0.335 e. The van der Waals surface area contributed by atoms with Gasteiger partial charge in [-0.15, -0.1) is 0 Å². The number of nitrogens with zero attached hydrogens (tertiary/aromatic N) is 1. The summed E-state index contributed by atoms with van der Waals surface area (Å²) in [4.78, 5) is 15.5. The lowest BCUT2D eigenvalue weighted by atomic mass is 10.2. The molecule has 1 aliphatic carbocycles. The molecule has 0 radical (unpaired) electrons. The minimum Gasteiger partial charge on any atom is -0.335 e. The lowest BCUT2D eigenvalue weighted by molar-refractivity contribution is 0.240. The van der Waals surface area contributed by atoms with Gasteiger partial charge in [0.1, 0.15) is 0 Å². The van der Waals surface area contributed by atoms with Gasteiger partial charge in [-0.2, -0.15) is 0 Å². The third-order valence-electron chi connectivity index (χ3n) is 2.45. The maximum atomic E-state index is 11.3. The van der Waals surface area contributed by atoms with Gasteiger partial charge in [0, 0.05) is 12.2 Å². The van der Waals surface area contributed by atoms with Crippen LogP contribution in [0.4, 0.5) is 4.79 Å². The molecular weight excluding hydrogens is 190 g/mol. The maximum absolute atomic E-state index is 11.3. The maximum Gasteiger partial charge on any atom is 0.315 e. The van der Waals surface area contributed by atoms with Crippen molar-refractivity contribution in [1.82, 2.24) is 15.6 Å². The van der Waals surface area contributed by atoms with Gasteiger partial charge in [-0.25, -0.2) is 4.79 Å². The van der Waals surface area contributed by atoms with Gasteiger partial charge in [0.2, 0.25) is 0 Å². The van der Waals surface area contributed by atoms with Crippen molar-refractivity contribution in [2.24, 2.45) is 0 Å². The van der Waals surface area contributed by atoms with Crippen molar-refractivity contribution >= 4 is 6.03 Å². The molecule has 15 heavy (non-hydrogen) atoms. The zero-order valence-corrected chi connectivity index (χ0v) is 8.79. The Morgan fingerprint density at radius 1 is 1.60 bits per heavy atom. The average molecular weight is 205 g/mol. The normalized spacial score (nSPS) is 14.7. The third kappa shape index (κ3) is 2.94. The molecule has 0 bridgehead atoms. The molecule has 1 heterocycles. The van der Waals surface area contributed by atoms with Crippen LogP contribution in [0.3, 0.4) is 0 Å². The molecule has 2 rings (SSSR count). The van der Waals surface area contributed by atoms with Crippen LogP contribution in [0.1, 0.15) is 24.1 Å². The number of amides is 2. The Kier molecular flexibility index (Phi) is 2.85. The summed E-state index contributed by atoms with van der Waals surface area (Å²) in [5.74, 6) is 0. The van der Waals surface area contributed by atoms with Crippen LogP contribution in [0.5, 0.6) is 0 Å². The number of urea groups is 1. The molecule has 4 nitrogen and oxygen atoms in total. The molecule has 1 aromatic heterocycles. The van der Waals surface area contributed by atoms with E-state index in [1.807, 2.05) is 19.1 Å². The van der Waals surface area contributed by atoms with Gasteiger partial charge in [0.25, 0.3) is 0 Å². The number of aromatic nitrogens is 1. The lowest BCUT2D eigenvalue weighted by Gasteiger charge is -2.07. The standard InChI is InChI=1S/C11H15N3O/c1-8-3-2-6-12-10(8)7-13-11(15)14-9-4-5-9/h2-3,6,9H,4-5,7H2,1H3,(H2,13,14,15). The predicted molar refractivity (Wildman–Crippen MR) is 57.4 cm³/mol. The van der Waals surface area contributed by atoms with E-state index in [9.17, 15) is 4.79 Å². The van der Waals surface area contributed by atoms with Crippen LogP contribution in [0.15, 0.2) is 18.3 Å². The van der Waals surface area contributed by atoms with Gasteiger partial charge >= 0.3 is 6.03 Å². The molecule has 0 spiro atoms. The van der Waals surface area contributed by atoms with Crippen LogP contribution < -0.4 is 10.6 Å². The molecule has 4 heteroatoms. The summed E-state index contributed by atoms with van der Waals surface area (Å²) in [6, 6.07) is 4.18. The van der Waals surface area contributed by atoms with E-state index < -0.39 is 0 Å². The Morgan fingerprint density at radius 2 is 2.40 bits per heavy atom. The molecule has 2 N–H and O–H groups in total. The number of carbonyl (C=O) groups is 1. The highest BCUT2D eigenvalue weighted by Gasteiger charge is 2.22. The molecule has 80 valence electrons. The van der Waals surface area contributed by atoms with Crippen molar-refractivity contribution in [3.63, 3.8) is 0 Å². The minimum absolute atomic E-state index is 0.0949. The summed E-state index contributed by atoms with van der Waals surface area (Å²) in [6.07, 6.45) is 3.95. The number of pyridine rings is 1. The molecule has 1 fully saturated rings. The fourth-order valence-electron chi connectivity index (χ4n) is 1.33. The summed E-state index contributed by atoms with van der Waals surface area (Å²) in [7, 11) is 0. The number of rotatable bonds is 3. The zero-order chi connectivity index (χ0) is 10.7. The molecule has 2 amide bonds. The second-order valence-electron chi connectivity index (χ2n) is 3.87. The quantitative estimate of drug-likeness (QED) is 0.782. The highest BCUT2D eigenvalue weighted by Crippen LogP contribution is 2.18. The van der Waals surface area contributed by atoms with Crippen molar-refractivity contribution < 1.29 is 4.79 Å². The molecule has 0 aromatic carbocycles. The summed E-state index contributed by atoms with van der Waals surface area (Å²) >= 11 is 0. The molecule has 1 saturated carbocycles. The predicted octanol–water partition coefficient (Wildman–Crippen LogP) is 1.35. The first-order chi connectivity index (χ1) is 7.25. The second-order valence-corrected chi connectivity index (χ2v) is 3.87. The summed E-state index contributed by atoms with van der Waals surface area (Å²) in [6.45, 7) is 2.48. The Balaban J connectivity index is 1.81. The van der Waals surface area contributed by atoms with Crippen LogP contribution in [-0.4, -0.2) is 17.1 Å². The SMILES string of the molecule is Cc1cccnc1CNC(=O)NC1CC1. The highest BCUT2D eigenvalue weighted by atomic mass is 16.2. The van der Waals surface area contributed by atoms with Gasteiger partial charge < -0.3 is 10.6 Å². The Bertz CT molecular complexity index is 361. The Labute approximate surface area is 89.1 Å². The Hall–Kier alpha value is -1.58. The molecule has 0 atom stereocenters. The van der Waals surface area contributed by atoms with Gasteiger partial charge in [-0.1, -0.05) is 6.07 Å². The van der Waals surface area contributed by atoms with Crippen LogP contribution >= 0.6 is 0 Å². The van der Waals surface area contributed by atoms with Gasteiger partial charge in [-0.3, -0.25) is 4.98 Å². The van der Waals surface area contributed by atoms with E-state index >= 15 is 0 Å². The number of hydrogen-bond acceptors (Lipinski definition) is 2. The molecule has 0 saturated heterocycles. The second kappa shape index (κ2) is 4.29. The summed E-state index contributed by atoms with van der Waals surface area (Å²) < 4.78 is 0. The van der Waals surface area contributed by atoms with E-state index in [0.717, 1.165) is 24.1 Å². The van der Waals surface area contributed by atoms with E-state index in [0.29, 0.717) is 12.6 Å². The van der Waals surface area contributed by atoms with Crippen LogP contribution in [-0.2, 0) is 6.54 Å². The fourth-order valence-corrected chi connectivity index (χ4v) is 1.33. The van der Waals surface area contributed by atoms with E-state index in [4.69, 9.17) is 0 Å². The first-order valence-electron chi connectivity index (χ1n) is 5.20. The van der Waals surface area contributed by atoms with E-state index in [1.165, 1.54) is 0 Å². The average Bonchev–Trinajstić information content (AvgIpc) is 3.00. The third-order valence-corrected chi connectivity index (χ3v) is 2.45. The van der Waals surface area contributed by atoms with Crippen molar-refractivity contribution in [2.45, 2.75) is 32.4 Å². The van der Waals surface area contributed by atoms with Crippen molar-refractivity contribution in [2.75, 3.05) is 0 Å². The lowest BCUT2D eigenvalue weighted by Crippen LogP contribution is -2.36. The monoisotopic (exact) mass is 205 g/mol. The zero-order valence-electron chi connectivity index (χ0n) is 8.79. The smallest absolute Gasteiger partial charge is 0.315 e. The van der Waals surface area contributed by atoms with E-state index in [1.54, 1.807) is 6.20 Å². The number of nitrogens with one attached hydrogen (secondary N) is 2. The number of carbonyl (C=O) groups excluding carboxylic acids is 1. The van der Waals surface area contributed by atoms with Gasteiger partial charge in [0.05, 0.1) is 12.2 Å². The summed E-state index contributed by atoms with van der Waals surface area (Å²) in [5.41, 5.74) is 2.02. The van der Waals surface area contributed by atoms with Crippen LogP contribution in [0, 0.1) is 6.92 Å². The van der Waals surface area contributed by atoms with Crippen LogP contribution in [0.2, 0.25) is 0 Å². The first kappa shape index (κ1) is 9.96.